The zero-order chi connectivity index (χ0) is 13.1. The van der Waals surface area contributed by atoms with Crippen LogP contribution in [0, 0.1) is 23.5 Å². The topological polar surface area (TPSA) is 9.23 Å². The lowest BCUT2D eigenvalue weighted by Gasteiger charge is -2.26. The lowest BCUT2D eigenvalue weighted by molar-refractivity contribution is 0.173. The summed E-state index contributed by atoms with van der Waals surface area (Å²) in [6, 6.07) is 2.29. The van der Waals surface area contributed by atoms with Gasteiger partial charge in [0.15, 0.2) is 11.6 Å². The molecular formula is C15H20F2O. The van der Waals surface area contributed by atoms with Gasteiger partial charge in [0.2, 0.25) is 0 Å². The summed E-state index contributed by atoms with van der Waals surface area (Å²) < 4.78 is 32.6. The molecule has 0 aromatic heterocycles. The van der Waals surface area contributed by atoms with Gasteiger partial charge in [-0.1, -0.05) is 20.3 Å². The van der Waals surface area contributed by atoms with E-state index in [1.54, 1.807) is 0 Å². The molecule has 0 saturated heterocycles. The Morgan fingerprint density at radius 1 is 1.28 bits per heavy atom. The molecule has 1 aromatic carbocycles. The van der Waals surface area contributed by atoms with E-state index in [-0.39, 0.29) is 5.75 Å². The van der Waals surface area contributed by atoms with Gasteiger partial charge in [-0.15, -0.1) is 0 Å². The smallest absolute Gasteiger partial charge is 0.168 e. The van der Waals surface area contributed by atoms with Crippen molar-refractivity contribution in [3.63, 3.8) is 0 Å². The van der Waals surface area contributed by atoms with Crippen LogP contribution in [-0.4, -0.2) is 6.61 Å². The molecule has 0 bridgehead atoms. The van der Waals surface area contributed by atoms with E-state index < -0.39 is 11.6 Å². The van der Waals surface area contributed by atoms with Crippen molar-refractivity contribution in [2.45, 2.75) is 39.5 Å². The van der Waals surface area contributed by atoms with Crippen molar-refractivity contribution in [1.29, 1.82) is 0 Å². The van der Waals surface area contributed by atoms with E-state index in [9.17, 15) is 8.78 Å². The molecule has 0 amide bonds. The second-order valence-electron chi connectivity index (χ2n) is 5.58. The van der Waals surface area contributed by atoms with Crippen LogP contribution in [0.1, 0.15) is 38.7 Å². The van der Waals surface area contributed by atoms with Crippen LogP contribution in [0.5, 0.6) is 5.75 Å². The Balaban J connectivity index is 2.13. The van der Waals surface area contributed by atoms with E-state index in [1.165, 1.54) is 12.5 Å². The van der Waals surface area contributed by atoms with Crippen LogP contribution in [0.3, 0.4) is 0 Å². The van der Waals surface area contributed by atoms with Crippen molar-refractivity contribution in [3.8, 4) is 5.75 Å². The summed E-state index contributed by atoms with van der Waals surface area (Å²) in [7, 11) is 0. The number of rotatable bonds is 5. The highest BCUT2D eigenvalue weighted by Gasteiger charge is 2.20. The van der Waals surface area contributed by atoms with Crippen LogP contribution in [0.25, 0.3) is 0 Å². The normalized spacial score (nSPS) is 15.8. The Labute approximate surface area is 107 Å². The van der Waals surface area contributed by atoms with Gasteiger partial charge in [-0.05, 0) is 37.2 Å². The molecule has 100 valence electrons. The van der Waals surface area contributed by atoms with Gasteiger partial charge in [0.05, 0.1) is 6.61 Å². The van der Waals surface area contributed by atoms with E-state index in [1.807, 2.05) is 13.8 Å². The molecule has 2 rings (SSSR count). The van der Waals surface area contributed by atoms with Gasteiger partial charge in [0.1, 0.15) is 5.82 Å². The maximum absolute atomic E-state index is 13.8. The largest absolute Gasteiger partial charge is 0.490 e. The molecule has 18 heavy (non-hydrogen) atoms. The van der Waals surface area contributed by atoms with E-state index in [0.717, 1.165) is 18.9 Å². The average Bonchev–Trinajstić information content (AvgIpc) is 2.18. The first-order valence-corrected chi connectivity index (χ1v) is 6.67. The summed E-state index contributed by atoms with van der Waals surface area (Å²) in [6.45, 7) is 4.60. The first kappa shape index (κ1) is 13.3. The quantitative estimate of drug-likeness (QED) is 0.759. The first-order chi connectivity index (χ1) is 8.56. The second-order valence-corrected chi connectivity index (χ2v) is 5.58. The average molecular weight is 254 g/mol. The number of halogens is 2. The molecule has 0 spiro atoms. The van der Waals surface area contributed by atoms with Gasteiger partial charge in [-0.3, -0.25) is 0 Å². The highest BCUT2D eigenvalue weighted by atomic mass is 19.1. The summed E-state index contributed by atoms with van der Waals surface area (Å²) in [6.07, 6.45) is 4.18. The SMILES string of the molecule is CC(C)Cc1cc(F)cc(F)c1OCC1CCC1. The van der Waals surface area contributed by atoms with Gasteiger partial charge in [-0.2, -0.15) is 0 Å². The minimum absolute atomic E-state index is 0.247. The molecule has 1 fully saturated rings. The Morgan fingerprint density at radius 3 is 2.56 bits per heavy atom. The van der Waals surface area contributed by atoms with Gasteiger partial charge in [0.25, 0.3) is 0 Å². The fraction of sp³-hybridized carbons (Fsp3) is 0.600. The van der Waals surface area contributed by atoms with Crippen molar-refractivity contribution in [1.82, 2.24) is 0 Å². The zero-order valence-electron chi connectivity index (χ0n) is 11.0. The molecular weight excluding hydrogens is 234 g/mol. The predicted molar refractivity (Wildman–Crippen MR) is 67.7 cm³/mol. The van der Waals surface area contributed by atoms with E-state index in [2.05, 4.69) is 0 Å². The zero-order valence-corrected chi connectivity index (χ0v) is 11.0. The fourth-order valence-corrected chi connectivity index (χ4v) is 2.23. The summed E-state index contributed by atoms with van der Waals surface area (Å²) in [4.78, 5) is 0. The molecule has 0 unspecified atom stereocenters. The molecule has 0 heterocycles. The van der Waals surface area contributed by atoms with Gasteiger partial charge in [0, 0.05) is 11.6 Å². The molecule has 1 aliphatic rings. The summed E-state index contributed by atoms with van der Waals surface area (Å²) >= 11 is 0. The van der Waals surface area contributed by atoms with Crippen LogP contribution in [0.4, 0.5) is 8.78 Å². The molecule has 3 heteroatoms. The number of hydrogen-bond donors (Lipinski definition) is 0. The fourth-order valence-electron chi connectivity index (χ4n) is 2.23. The van der Waals surface area contributed by atoms with Gasteiger partial charge >= 0.3 is 0 Å². The monoisotopic (exact) mass is 254 g/mol. The molecule has 1 aliphatic carbocycles. The Morgan fingerprint density at radius 2 is 2.00 bits per heavy atom. The van der Waals surface area contributed by atoms with E-state index >= 15 is 0 Å². The molecule has 0 aliphatic heterocycles. The Bertz CT molecular complexity index is 411. The van der Waals surface area contributed by atoms with Crippen LogP contribution >= 0.6 is 0 Å². The molecule has 1 saturated carbocycles. The molecule has 0 atom stereocenters. The van der Waals surface area contributed by atoms with E-state index in [4.69, 9.17) is 4.74 Å². The highest BCUT2D eigenvalue weighted by molar-refractivity contribution is 5.36. The van der Waals surface area contributed by atoms with Crippen LogP contribution in [0.2, 0.25) is 0 Å². The number of benzene rings is 1. The van der Waals surface area contributed by atoms with Crippen LogP contribution in [-0.2, 0) is 6.42 Å². The molecule has 0 radical (unpaired) electrons. The Hall–Kier alpha value is -1.12. The van der Waals surface area contributed by atoms with Crippen molar-refractivity contribution < 1.29 is 13.5 Å². The maximum Gasteiger partial charge on any atom is 0.168 e. The minimum atomic E-state index is -0.579. The Kier molecular flexibility index (Phi) is 4.20. The lowest BCUT2D eigenvalue weighted by atomic mass is 9.86. The van der Waals surface area contributed by atoms with Crippen molar-refractivity contribution >= 4 is 0 Å². The third-order valence-electron chi connectivity index (χ3n) is 3.40. The van der Waals surface area contributed by atoms with Crippen molar-refractivity contribution in [3.05, 3.63) is 29.3 Å². The first-order valence-electron chi connectivity index (χ1n) is 6.67. The molecule has 1 nitrogen and oxygen atoms in total. The predicted octanol–water partition coefficient (Wildman–Crippen LogP) is 4.34. The van der Waals surface area contributed by atoms with Crippen molar-refractivity contribution in [2.75, 3.05) is 6.61 Å². The standard InChI is InChI=1S/C15H20F2O/c1-10(2)6-12-7-13(16)8-14(17)15(12)18-9-11-4-3-5-11/h7-8,10-11H,3-6,9H2,1-2H3. The summed E-state index contributed by atoms with van der Waals surface area (Å²) in [5, 5.41) is 0. The van der Waals surface area contributed by atoms with Crippen LogP contribution in [0.15, 0.2) is 12.1 Å². The number of hydrogen-bond acceptors (Lipinski definition) is 1. The number of ether oxygens (including phenoxy) is 1. The van der Waals surface area contributed by atoms with Gasteiger partial charge < -0.3 is 4.74 Å². The maximum atomic E-state index is 13.8. The highest BCUT2D eigenvalue weighted by Crippen LogP contribution is 2.31. The lowest BCUT2D eigenvalue weighted by Crippen LogP contribution is -2.20. The van der Waals surface area contributed by atoms with Gasteiger partial charge in [-0.25, -0.2) is 8.78 Å². The third-order valence-corrected chi connectivity index (χ3v) is 3.40. The summed E-state index contributed by atoms with van der Waals surface area (Å²) in [5.41, 5.74) is 0.641. The molecule has 0 N–H and O–H groups in total. The summed E-state index contributed by atoms with van der Waals surface area (Å²) in [5.74, 6) is 0.0275. The second kappa shape index (κ2) is 5.68. The molecule has 1 aromatic rings. The minimum Gasteiger partial charge on any atom is -0.490 e. The third kappa shape index (κ3) is 3.21. The van der Waals surface area contributed by atoms with Crippen LogP contribution < -0.4 is 4.74 Å². The van der Waals surface area contributed by atoms with Crippen molar-refractivity contribution in [2.24, 2.45) is 11.8 Å². The van der Waals surface area contributed by atoms with E-state index in [0.29, 0.717) is 30.4 Å².